The fourth-order valence-electron chi connectivity index (χ4n) is 1.96. The molecule has 1 amide bonds. The van der Waals surface area contributed by atoms with Gasteiger partial charge in [-0.3, -0.25) is 4.79 Å². The van der Waals surface area contributed by atoms with E-state index in [-0.39, 0.29) is 5.91 Å². The van der Waals surface area contributed by atoms with E-state index < -0.39 is 0 Å². The highest BCUT2D eigenvalue weighted by molar-refractivity contribution is 5.91. The number of amides is 1. The third-order valence-corrected chi connectivity index (χ3v) is 3.12. The lowest BCUT2D eigenvalue weighted by Gasteiger charge is -2.08. The van der Waals surface area contributed by atoms with Crippen molar-refractivity contribution >= 4 is 11.6 Å². The van der Waals surface area contributed by atoms with E-state index >= 15 is 0 Å². The molecule has 0 aliphatic rings. The van der Waals surface area contributed by atoms with E-state index in [4.69, 9.17) is 0 Å². The quantitative estimate of drug-likeness (QED) is 0.790. The first-order valence-corrected chi connectivity index (χ1v) is 6.86. The minimum Gasteiger partial charge on any atom is -0.326 e. The van der Waals surface area contributed by atoms with Gasteiger partial charge in [0.1, 0.15) is 0 Å². The molecule has 20 heavy (non-hydrogen) atoms. The van der Waals surface area contributed by atoms with Crippen LogP contribution in [-0.2, 0) is 11.3 Å². The fourth-order valence-corrected chi connectivity index (χ4v) is 1.96. The van der Waals surface area contributed by atoms with Crippen LogP contribution in [0.15, 0.2) is 54.6 Å². The molecule has 3 nitrogen and oxygen atoms in total. The van der Waals surface area contributed by atoms with Crippen LogP contribution in [0.5, 0.6) is 0 Å². The highest BCUT2D eigenvalue weighted by Gasteiger charge is 2.03. The van der Waals surface area contributed by atoms with Crippen LogP contribution in [0.1, 0.15) is 17.5 Å². The topological polar surface area (TPSA) is 41.1 Å². The maximum absolute atomic E-state index is 11.8. The monoisotopic (exact) mass is 268 g/mol. The average molecular weight is 268 g/mol. The Morgan fingerprint density at radius 3 is 2.45 bits per heavy atom. The van der Waals surface area contributed by atoms with Crippen molar-refractivity contribution in [2.24, 2.45) is 0 Å². The molecular formula is C17H20N2O. The standard InChI is InChI=1S/C17H20N2O/c1-14-7-5-6-10-16(14)19-17(20)11-12-18-13-15-8-3-2-4-9-15/h2-10,18H,11-13H2,1H3,(H,19,20). The molecule has 0 heterocycles. The van der Waals surface area contributed by atoms with Crippen molar-refractivity contribution in [3.05, 3.63) is 65.7 Å². The van der Waals surface area contributed by atoms with Crippen molar-refractivity contribution in [3.8, 4) is 0 Å². The minimum atomic E-state index is 0.0415. The summed E-state index contributed by atoms with van der Waals surface area (Å²) in [5.74, 6) is 0.0415. The summed E-state index contributed by atoms with van der Waals surface area (Å²) in [6.07, 6.45) is 0.473. The normalized spacial score (nSPS) is 10.2. The first kappa shape index (κ1) is 14.3. The Morgan fingerprint density at radius 1 is 1.00 bits per heavy atom. The van der Waals surface area contributed by atoms with Gasteiger partial charge in [0.2, 0.25) is 5.91 Å². The number of benzene rings is 2. The van der Waals surface area contributed by atoms with Crippen LogP contribution in [-0.4, -0.2) is 12.5 Å². The molecule has 2 rings (SSSR count). The summed E-state index contributed by atoms with van der Waals surface area (Å²) in [6, 6.07) is 18.0. The summed E-state index contributed by atoms with van der Waals surface area (Å²) < 4.78 is 0. The molecule has 0 atom stereocenters. The molecule has 0 radical (unpaired) electrons. The van der Waals surface area contributed by atoms with Gasteiger partial charge in [-0.15, -0.1) is 0 Å². The largest absolute Gasteiger partial charge is 0.326 e. The Kier molecular flexibility index (Phi) is 5.33. The second-order valence-electron chi connectivity index (χ2n) is 4.78. The van der Waals surface area contributed by atoms with Crippen molar-refractivity contribution in [1.29, 1.82) is 0 Å². The van der Waals surface area contributed by atoms with Crippen molar-refractivity contribution in [2.75, 3.05) is 11.9 Å². The van der Waals surface area contributed by atoms with E-state index in [0.717, 1.165) is 17.8 Å². The highest BCUT2D eigenvalue weighted by atomic mass is 16.1. The molecule has 0 fully saturated rings. The van der Waals surface area contributed by atoms with Crippen LogP contribution in [0.25, 0.3) is 0 Å². The lowest BCUT2D eigenvalue weighted by atomic mass is 10.2. The number of carbonyl (C=O) groups excluding carboxylic acids is 1. The Bertz CT molecular complexity index is 552. The van der Waals surface area contributed by atoms with Crippen molar-refractivity contribution in [2.45, 2.75) is 19.9 Å². The van der Waals surface area contributed by atoms with Crippen LogP contribution >= 0.6 is 0 Å². The predicted octanol–water partition coefficient (Wildman–Crippen LogP) is 3.11. The molecule has 0 aromatic heterocycles. The van der Waals surface area contributed by atoms with Gasteiger partial charge in [-0.1, -0.05) is 48.5 Å². The van der Waals surface area contributed by atoms with Crippen LogP contribution in [0.2, 0.25) is 0 Å². The minimum absolute atomic E-state index is 0.0415. The third kappa shape index (κ3) is 4.52. The first-order valence-electron chi connectivity index (χ1n) is 6.86. The number of anilines is 1. The Balaban J connectivity index is 1.69. The molecule has 0 aliphatic heterocycles. The predicted molar refractivity (Wildman–Crippen MR) is 82.6 cm³/mol. The van der Waals surface area contributed by atoms with Gasteiger partial charge in [0.15, 0.2) is 0 Å². The molecule has 0 bridgehead atoms. The summed E-state index contributed by atoms with van der Waals surface area (Å²) in [5.41, 5.74) is 3.20. The molecule has 0 aliphatic carbocycles. The molecule has 0 saturated carbocycles. The molecule has 2 aromatic rings. The second kappa shape index (κ2) is 7.46. The summed E-state index contributed by atoms with van der Waals surface area (Å²) in [7, 11) is 0. The Hall–Kier alpha value is -2.13. The van der Waals surface area contributed by atoms with Crippen LogP contribution in [0, 0.1) is 6.92 Å². The number of hydrogen-bond acceptors (Lipinski definition) is 2. The van der Waals surface area contributed by atoms with Crippen molar-refractivity contribution in [3.63, 3.8) is 0 Å². The first-order chi connectivity index (χ1) is 9.75. The molecule has 0 saturated heterocycles. The van der Waals surface area contributed by atoms with Gasteiger partial charge in [0, 0.05) is 25.2 Å². The fraction of sp³-hybridized carbons (Fsp3) is 0.235. The number of para-hydroxylation sites is 1. The maximum Gasteiger partial charge on any atom is 0.225 e. The average Bonchev–Trinajstić information content (AvgIpc) is 2.47. The smallest absolute Gasteiger partial charge is 0.225 e. The number of rotatable bonds is 6. The highest BCUT2D eigenvalue weighted by Crippen LogP contribution is 2.13. The number of aryl methyl sites for hydroxylation is 1. The van der Waals surface area contributed by atoms with E-state index in [2.05, 4.69) is 22.8 Å². The van der Waals surface area contributed by atoms with E-state index in [1.54, 1.807) is 0 Å². The Labute approximate surface area is 120 Å². The summed E-state index contributed by atoms with van der Waals surface area (Å²) in [5, 5.41) is 6.20. The lowest BCUT2D eigenvalue weighted by Crippen LogP contribution is -2.21. The number of carbonyl (C=O) groups is 1. The second-order valence-corrected chi connectivity index (χ2v) is 4.78. The Morgan fingerprint density at radius 2 is 1.70 bits per heavy atom. The van der Waals surface area contributed by atoms with E-state index in [0.29, 0.717) is 13.0 Å². The summed E-state index contributed by atoms with van der Waals surface area (Å²) >= 11 is 0. The molecule has 2 N–H and O–H groups in total. The summed E-state index contributed by atoms with van der Waals surface area (Å²) in [4.78, 5) is 11.8. The molecule has 0 unspecified atom stereocenters. The molecule has 104 valence electrons. The third-order valence-electron chi connectivity index (χ3n) is 3.12. The van der Waals surface area contributed by atoms with Crippen molar-refractivity contribution in [1.82, 2.24) is 5.32 Å². The zero-order valence-corrected chi connectivity index (χ0v) is 11.7. The molecule has 0 spiro atoms. The molecular weight excluding hydrogens is 248 g/mol. The zero-order chi connectivity index (χ0) is 14.2. The van der Waals surface area contributed by atoms with Crippen LogP contribution < -0.4 is 10.6 Å². The van der Waals surface area contributed by atoms with Gasteiger partial charge in [-0.05, 0) is 24.1 Å². The van der Waals surface area contributed by atoms with E-state index in [9.17, 15) is 4.79 Å². The number of nitrogens with one attached hydrogen (secondary N) is 2. The van der Waals surface area contributed by atoms with Gasteiger partial charge in [0.05, 0.1) is 0 Å². The van der Waals surface area contributed by atoms with Crippen molar-refractivity contribution < 1.29 is 4.79 Å². The van der Waals surface area contributed by atoms with E-state index in [1.807, 2.05) is 49.4 Å². The maximum atomic E-state index is 11.8. The molecule has 3 heteroatoms. The zero-order valence-electron chi connectivity index (χ0n) is 11.7. The van der Waals surface area contributed by atoms with Gasteiger partial charge in [0.25, 0.3) is 0 Å². The SMILES string of the molecule is Cc1ccccc1NC(=O)CCNCc1ccccc1. The summed E-state index contributed by atoms with van der Waals surface area (Å²) in [6.45, 7) is 3.45. The lowest BCUT2D eigenvalue weighted by molar-refractivity contribution is -0.116. The number of hydrogen-bond donors (Lipinski definition) is 2. The van der Waals surface area contributed by atoms with Gasteiger partial charge < -0.3 is 10.6 Å². The van der Waals surface area contributed by atoms with Gasteiger partial charge in [-0.2, -0.15) is 0 Å². The van der Waals surface area contributed by atoms with Crippen LogP contribution in [0.3, 0.4) is 0 Å². The van der Waals surface area contributed by atoms with Gasteiger partial charge in [-0.25, -0.2) is 0 Å². The van der Waals surface area contributed by atoms with Crippen LogP contribution in [0.4, 0.5) is 5.69 Å². The molecule has 2 aromatic carbocycles. The van der Waals surface area contributed by atoms with Gasteiger partial charge >= 0.3 is 0 Å². The van der Waals surface area contributed by atoms with E-state index in [1.165, 1.54) is 5.56 Å².